The molecule has 4 nitrogen and oxygen atoms in total. The van der Waals surface area contributed by atoms with E-state index in [1.807, 2.05) is 14.0 Å². The normalized spacial score (nSPS) is 33.3. The van der Waals surface area contributed by atoms with E-state index in [-0.39, 0.29) is 0 Å². The number of fused-ring (bicyclic) bond motifs is 2. The zero-order valence-electron chi connectivity index (χ0n) is 10.2. The minimum absolute atomic E-state index is 0.392. The molecule has 0 aromatic carbocycles. The van der Waals surface area contributed by atoms with Gasteiger partial charge in [0, 0.05) is 19.6 Å². The molecule has 0 aromatic heterocycles. The zero-order valence-corrected chi connectivity index (χ0v) is 10.2. The number of rotatable bonds is 4. The predicted octanol–water partition coefficient (Wildman–Crippen LogP) is 0.741. The summed E-state index contributed by atoms with van der Waals surface area (Å²) in [5, 5.41) is 12.2. The maximum atomic E-state index is 9.08. The van der Waals surface area contributed by atoms with Gasteiger partial charge < -0.3 is 10.1 Å². The SMILES string of the molecule is CNC(C)(C#N)CCN1CC2CCC(C1)O2. The molecule has 2 saturated heterocycles. The van der Waals surface area contributed by atoms with E-state index in [4.69, 9.17) is 10.00 Å². The second-order valence-corrected chi connectivity index (χ2v) is 5.16. The Labute approximate surface area is 97.6 Å². The van der Waals surface area contributed by atoms with Crippen LogP contribution >= 0.6 is 0 Å². The maximum Gasteiger partial charge on any atom is 0.104 e. The molecule has 2 bridgehead atoms. The van der Waals surface area contributed by atoms with Gasteiger partial charge in [0.2, 0.25) is 0 Å². The van der Waals surface area contributed by atoms with Gasteiger partial charge >= 0.3 is 0 Å². The van der Waals surface area contributed by atoms with Crippen LogP contribution in [0.3, 0.4) is 0 Å². The summed E-state index contributed by atoms with van der Waals surface area (Å²) in [6.45, 7) is 5.03. The molecule has 4 heteroatoms. The van der Waals surface area contributed by atoms with Crippen molar-refractivity contribution in [1.82, 2.24) is 10.2 Å². The van der Waals surface area contributed by atoms with Crippen molar-refractivity contribution in [2.75, 3.05) is 26.7 Å². The number of likely N-dealkylation sites (tertiary alicyclic amines) is 1. The summed E-state index contributed by atoms with van der Waals surface area (Å²) in [5.41, 5.74) is -0.392. The highest BCUT2D eigenvalue weighted by Crippen LogP contribution is 2.26. The first-order valence-corrected chi connectivity index (χ1v) is 6.13. The number of morpholine rings is 1. The fraction of sp³-hybridized carbons (Fsp3) is 0.917. The van der Waals surface area contributed by atoms with Gasteiger partial charge in [-0.2, -0.15) is 5.26 Å². The lowest BCUT2D eigenvalue weighted by Gasteiger charge is -2.33. The summed E-state index contributed by atoms with van der Waals surface area (Å²) in [7, 11) is 1.85. The number of hydrogen-bond donors (Lipinski definition) is 1. The van der Waals surface area contributed by atoms with Crippen LogP contribution in [0.5, 0.6) is 0 Å². The van der Waals surface area contributed by atoms with E-state index < -0.39 is 5.54 Å². The van der Waals surface area contributed by atoms with Crippen molar-refractivity contribution in [2.24, 2.45) is 0 Å². The molecule has 3 atom stereocenters. The summed E-state index contributed by atoms with van der Waals surface area (Å²) in [6, 6.07) is 2.34. The average Bonchev–Trinajstić information content (AvgIpc) is 2.66. The first kappa shape index (κ1) is 11.8. The van der Waals surface area contributed by atoms with E-state index in [2.05, 4.69) is 16.3 Å². The Morgan fingerprint density at radius 3 is 2.56 bits per heavy atom. The minimum atomic E-state index is -0.392. The van der Waals surface area contributed by atoms with Crippen molar-refractivity contribution in [3.05, 3.63) is 0 Å². The molecule has 2 heterocycles. The number of nitrogens with zero attached hydrogens (tertiary/aromatic N) is 2. The Bertz CT molecular complexity index is 276. The van der Waals surface area contributed by atoms with Gasteiger partial charge in [0.25, 0.3) is 0 Å². The van der Waals surface area contributed by atoms with Gasteiger partial charge in [-0.1, -0.05) is 0 Å². The van der Waals surface area contributed by atoms with Crippen LogP contribution in [-0.2, 0) is 4.74 Å². The largest absolute Gasteiger partial charge is 0.372 e. The van der Waals surface area contributed by atoms with Crippen molar-refractivity contribution in [3.8, 4) is 6.07 Å². The Morgan fingerprint density at radius 1 is 1.44 bits per heavy atom. The molecular formula is C12H21N3O. The summed E-state index contributed by atoms with van der Waals surface area (Å²) < 4.78 is 5.79. The Morgan fingerprint density at radius 2 is 2.06 bits per heavy atom. The van der Waals surface area contributed by atoms with Crippen molar-refractivity contribution < 1.29 is 4.74 Å². The highest BCUT2D eigenvalue weighted by Gasteiger charge is 2.34. The lowest BCUT2D eigenvalue weighted by molar-refractivity contribution is -0.0395. The van der Waals surface area contributed by atoms with Crippen molar-refractivity contribution >= 4 is 0 Å². The molecule has 2 fully saturated rings. The zero-order chi connectivity index (χ0) is 11.6. The maximum absolute atomic E-state index is 9.08. The van der Waals surface area contributed by atoms with Crippen LogP contribution in [0.25, 0.3) is 0 Å². The van der Waals surface area contributed by atoms with Crippen LogP contribution < -0.4 is 5.32 Å². The van der Waals surface area contributed by atoms with Crippen molar-refractivity contribution in [3.63, 3.8) is 0 Å². The van der Waals surface area contributed by atoms with Crippen molar-refractivity contribution in [1.29, 1.82) is 5.26 Å². The van der Waals surface area contributed by atoms with Crippen LogP contribution in [0.1, 0.15) is 26.2 Å². The highest BCUT2D eigenvalue weighted by molar-refractivity contribution is 5.03. The van der Waals surface area contributed by atoms with Crippen LogP contribution in [0.2, 0.25) is 0 Å². The molecule has 2 aliphatic rings. The number of hydrogen-bond acceptors (Lipinski definition) is 4. The number of nitriles is 1. The first-order chi connectivity index (χ1) is 7.65. The molecule has 16 heavy (non-hydrogen) atoms. The van der Waals surface area contributed by atoms with Crippen LogP contribution in [0.4, 0.5) is 0 Å². The summed E-state index contributed by atoms with van der Waals surface area (Å²) in [4.78, 5) is 2.44. The fourth-order valence-corrected chi connectivity index (χ4v) is 2.50. The molecule has 0 amide bonds. The van der Waals surface area contributed by atoms with Crippen LogP contribution in [0.15, 0.2) is 0 Å². The summed E-state index contributed by atoms with van der Waals surface area (Å²) in [5.74, 6) is 0. The Balaban J connectivity index is 1.81. The molecule has 0 saturated carbocycles. The third kappa shape index (κ3) is 2.54. The van der Waals surface area contributed by atoms with Gasteiger partial charge in [-0.3, -0.25) is 4.90 Å². The molecule has 0 aromatic rings. The summed E-state index contributed by atoms with van der Waals surface area (Å²) >= 11 is 0. The third-order valence-electron chi connectivity index (χ3n) is 3.85. The minimum Gasteiger partial charge on any atom is -0.372 e. The monoisotopic (exact) mass is 223 g/mol. The van der Waals surface area contributed by atoms with Gasteiger partial charge in [0.15, 0.2) is 0 Å². The topological polar surface area (TPSA) is 48.3 Å². The lowest BCUT2D eigenvalue weighted by atomic mass is 10.00. The van der Waals surface area contributed by atoms with Crippen LogP contribution in [-0.4, -0.2) is 49.3 Å². The molecule has 0 aliphatic carbocycles. The second-order valence-electron chi connectivity index (χ2n) is 5.16. The van der Waals surface area contributed by atoms with Gasteiger partial charge in [-0.25, -0.2) is 0 Å². The van der Waals surface area contributed by atoms with E-state index in [9.17, 15) is 0 Å². The highest BCUT2D eigenvalue weighted by atomic mass is 16.5. The molecule has 2 rings (SSSR count). The number of ether oxygens (including phenoxy) is 1. The van der Waals surface area contributed by atoms with Gasteiger partial charge in [0.1, 0.15) is 5.54 Å². The lowest BCUT2D eigenvalue weighted by Crippen LogP contribution is -2.47. The van der Waals surface area contributed by atoms with E-state index in [0.717, 1.165) is 26.1 Å². The van der Waals surface area contributed by atoms with E-state index in [1.165, 1.54) is 12.8 Å². The third-order valence-corrected chi connectivity index (χ3v) is 3.85. The van der Waals surface area contributed by atoms with Crippen LogP contribution in [0, 0.1) is 11.3 Å². The molecule has 90 valence electrons. The molecule has 0 radical (unpaired) electrons. The standard InChI is InChI=1S/C12H21N3O/c1-12(9-13,14-2)5-6-15-7-10-3-4-11(8-15)16-10/h10-11,14H,3-8H2,1-2H3. The van der Waals surface area contributed by atoms with E-state index >= 15 is 0 Å². The second kappa shape index (κ2) is 4.70. The first-order valence-electron chi connectivity index (χ1n) is 6.13. The van der Waals surface area contributed by atoms with E-state index in [1.54, 1.807) is 0 Å². The summed E-state index contributed by atoms with van der Waals surface area (Å²) in [6.07, 6.45) is 4.19. The predicted molar refractivity (Wildman–Crippen MR) is 62.0 cm³/mol. The van der Waals surface area contributed by atoms with Gasteiger partial charge in [0.05, 0.1) is 18.3 Å². The van der Waals surface area contributed by atoms with Crippen molar-refractivity contribution in [2.45, 2.75) is 43.9 Å². The average molecular weight is 223 g/mol. The molecule has 2 aliphatic heterocycles. The van der Waals surface area contributed by atoms with E-state index in [0.29, 0.717) is 12.2 Å². The van der Waals surface area contributed by atoms with Gasteiger partial charge in [-0.05, 0) is 33.2 Å². The molecule has 1 N–H and O–H groups in total. The fourth-order valence-electron chi connectivity index (χ4n) is 2.50. The molecular weight excluding hydrogens is 202 g/mol. The Kier molecular flexibility index (Phi) is 3.48. The number of nitrogens with one attached hydrogen (secondary N) is 1. The molecule has 0 spiro atoms. The quantitative estimate of drug-likeness (QED) is 0.763. The molecule has 3 unspecified atom stereocenters. The smallest absolute Gasteiger partial charge is 0.104 e. The Hall–Kier alpha value is -0.630. The van der Waals surface area contributed by atoms with Gasteiger partial charge in [-0.15, -0.1) is 0 Å².